The van der Waals surface area contributed by atoms with Crippen molar-refractivity contribution in [3.8, 4) is 5.75 Å². The molecule has 0 radical (unpaired) electrons. The highest BCUT2D eigenvalue weighted by atomic mass is 79.9. The number of alkyl halides is 3. The molecule has 37 heavy (non-hydrogen) atoms. The SMILES string of the molecule is Cc1ccc(NC(=O)COc2ccc(Br)cc2/C=C2\SC(=N)N(c3cccc(C(F)(F)F)c3)C2=O)cc1. The van der Waals surface area contributed by atoms with Crippen molar-refractivity contribution in [3.63, 3.8) is 0 Å². The Morgan fingerprint density at radius 1 is 1.14 bits per heavy atom. The molecule has 1 heterocycles. The molecule has 1 saturated heterocycles. The summed E-state index contributed by atoms with van der Waals surface area (Å²) in [5, 5.41) is 10.7. The molecule has 1 fully saturated rings. The van der Waals surface area contributed by atoms with Crippen molar-refractivity contribution in [2.24, 2.45) is 0 Å². The number of nitrogens with zero attached hydrogens (tertiary/aromatic N) is 1. The molecule has 4 rings (SSSR count). The molecule has 3 aromatic carbocycles. The minimum atomic E-state index is -4.58. The Hall–Kier alpha value is -3.57. The van der Waals surface area contributed by atoms with Crippen LogP contribution in [0.1, 0.15) is 16.7 Å². The van der Waals surface area contributed by atoms with Gasteiger partial charge in [0.2, 0.25) is 0 Å². The summed E-state index contributed by atoms with van der Waals surface area (Å²) in [6.45, 7) is 1.64. The van der Waals surface area contributed by atoms with Crippen molar-refractivity contribution in [2.45, 2.75) is 13.1 Å². The average Bonchev–Trinajstić information content (AvgIpc) is 3.12. The maximum absolute atomic E-state index is 13.1. The fourth-order valence-electron chi connectivity index (χ4n) is 3.42. The zero-order chi connectivity index (χ0) is 26.7. The van der Waals surface area contributed by atoms with Crippen LogP contribution in [-0.4, -0.2) is 23.6 Å². The Balaban J connectivity index is 1.53. The van der Waals surface area contributed by atoms with Crippen molar-refractivity contribution in [1.29, 1.82) is 5.41 Å². The average molecular weight is 590 g/mol. The molecule has 2 N–H and O–H groups in total. The van der Waals surface area contributed by atoms with E-state index in [1.807, 2.05) is 19.1 Å². The molecular formula is C26H19BrF3N3O3S. The summed E-state index contributed by atoms with van der Waals surface area (Å²) in [5.41, 5.74) is 1.16. The van der Waals surface area contributed by atoms with E-state index >= 15 is 0 Å². The number of amidine groups is 1. The van der Waals surface area contributed by atoms with E-state index in [0.717, 1.165) is 34.4 Å². The first-order valence-corrected chi connectivity index (χ1v) is 12.4. The summed E-state index contributed by atoms with van der Waals surface area (Å²) < 4.78 is 45.8. The van der Waals surface area contributed by atoms with E-state index < -0.39 is 17.6 Å². The van der Waals surface area contributed by atoms with Gasteiger partial charge >= 0.3 is 6.18 Å². The van der Waals surface area contributed by atoms with Gasteiger partial charge in [0.05, 0.1) is 16.2 Å². The molecule has 0 unspecified atom stereocenters. The Morgan fingerprint density at radius 3 is 2.57 bits per heavy atom. The second-order valence-corrected chi connectivity index (χ2v) is 9.94. The second-order valence-electron chi connectivity index (χ2n) is 7.99. The molecular weight excluding hydrogens is 571 g/mol. The van der Waals surface area contributed by atoms with Gasteiger partial charge in [-0.05, 0) is 73.3 Å². The van der Waals surface area contributed by atoms with E-state index in [4.69, 9.17) is 10.1 Å². The fraction of sp³-hybridized carbons (Fsp3) is 0.115. The van der Waals surface area contributed by atoms with Crippen LogP contribution in [0.4, 0.5) is 24.5 Å². The van der Waals surface area contributed by atoms with Gasteiger partial charge in [-0.3, -0.25) is 19.9 Å². The van der Waals surface area contributed by atoms with Gasteiger partial charge < -0.3 is 10.1 Å². The summed E-state index contributed by atoms with van der Waals surface area (Å²) >= 11 is 4.18. The molecule has 0 bridgehead atoms. The topological polar surface area (TPSA) is 82.5 Å². The zero-order valence-corrected chi connectivity index (χ0v) is 21.6. The van der Waals surface area contributed by atoms with Crippen LogP contribution in [0.25, 0.3) is 6.08 Å². The Labute approximate surface area is 223 Å². The van der Waals surface area contributed by atoms with Crippen LogP contribution in [0.2, 0.25) is 0 Å². The largest absolute Gasteiger partial charge is 0.483 e. The lowest BCUT2D eigenvalue weighted by Gasteiger charge is -2.16. The van der Waals surface area contributed by atoms with E-state index in [9.17, 15) is 22.8 Å². The molecule has 0 spiro atoms. The van der Waals surface area contributed by atoms with Crippen molar-refractivity contribution >= 4 is 62.1 Å². The summed E-state index contributed by atoms with van der Waals surface area (Å²) in [4.78, 5) is 26.5. The Morgan fingerprint density at radius 2 is 1.86 bits per heavy atom. The number of carbonyl (C=O) groups excluding carboxylic acids is 2. The van der Waals surface area contributed by atoms with Crippen molar-refractivity contribution < 1.29 is 27.5 Å². The fourth-order valence-corrected chi connectivity index (χ4v) is 4.66. The monoisotopic (exact) mass is 589 g/mol. The third-order valence-corrected chi connectivity index (χ3v) is 6.59. The summed E-state index contributed by atoms with van der Waals surface area (Å²) in [7, 11) is 0. The summed E-state index contributed by atoms with van der Waals surface area (Å²) in [6.07, 6.45) is -3.10. The van der Waals surface area contributed by atoms with E-state index in [2.05, 4.69) is 21.2 Å². The van der Waals surface area contributed by atoms with Gasteiger partial charge in [-0.25, -0.2) is 0 Å². The molecule has 0 atom stereocenters. The highest BCUT2D eigenvalue weighted by Crippen LogP contribution is 2.39. The van der Waals surface area contributed by atoms with Gasteiger partial charge in [0.1, 0.15) is 5.75 Å². The maximum Gasteiger partial charge on any atom is 0.416 e. The molecule has 1 aliphatic heterocycles. The lowest BCUT2D eigenvalue weighted by molar-refractivity contribution is -0.137. The first-order valence-electron chi connectivity index (χ1n) is 10.8. The van der Waals surface area contributed by atoms with Crippen molar-refractivity contribution in [2.75, 3.05) is 16.8 Å². The van der Waals surface area contributed by atoms with E-state index in [-0.39, 0.29) is 28.3 Å². The number of rotatable bonds is 6. The molecule has 0 aliphatic carbocycles. The third-order valence-electron chi connectivity index (χ3n) is 5.21. The number of anilines is 2. The highest BCUT2D eigenvalue weighted by Gasteiger charge is 2.36. The third kappa shape index (κ3) is 6.41. The van der Waals surface area contributed by atoms with Gasteiger partial charge in [0, 0.05) is 15.7 Å². The first-order chi connectivity index (χ1) is 17.5. The van der Waals surface area contributed by atoms with Crippen LogP contribution < -0.4 is 15.0 Å². The molecule has 3 aromatic rings. The van der Waals surface area contributed by atoms with E-state index in [0.29, 0.717) is 21.5 Å². The number of hydrogen-bond acceptors (Lipinski definition) is 5. The van der Waals surface area contributed by atoms with Crippen molar-refractivity contribution in [3.05, 3.63) is 92.8 Å². The molecule has 190 valence electrons. The number of ether oxygens (including phenoxy) is 1. The number of aryl methyl sites for hydroxylation is 1. The van der Waals surface area contributed by atoms with Crippen LogP contribution in [-0.2, 0) is 15.8 Å². The normalized spacial score (nSPS) is 14.8. The minimum Gasteiger partial charge on any atom is -0.483 e. The van der Waals surface area contributed by atoms with Gasteiger partial charge in [-0.15, -0.1) is 0 Å². The smallest absolute Gasteiger partial charge is 0.416 e. The molecule has 6 nitrogen and oxygen atoms in total. The lowest BCUT2D eigenvalue weighted by atomic mass is 10.1. The highest BCUT2D eigenvalue weighted by molar-refractivity contribution is 9.10. The van der Waals surface area contributed by atoms with E-state index in [1.165, 1.54) is 18.2 Å². The quantitative estimate of drug-likeness (QED) is 0.308. The van der Waals surface area contributed by atoms with Gasteiger partial charge in [-0.1, -0.05) is 39.7 Å². The molecule has 1 aliphatic rings. The number of thioether (sulfide) groups is 1. The summed E-state index contributed by atoms with van der Waals surface area (Å²) in [5.74, 6) is -0.709. The standard InChI is InChI=1S/C26H19BrF3N3O3S/c1-15-5-8-19(9-6-15)32-23(34)14-36-21-10-7-18(27)11-16(21)12-22-24(35)33(25(31)37-22)20-4-2-3-17(13-20)26(28,29)30/h2-13,31H,14H2,1H3,(H,32,34)/b22-12-,31-25?. The summed E-state index contributed by atoms with van der Waals surface area (Å²) in [6, 6.07) is 16.5. The molecule has 2 amide bonds. The predicted octanol–water partition coefficient (Wildman–Crippen LogP) is 6.85. The maximum atomic E-state index is 13.1. The lowest BCUT2D eigenvalue weighted by Crippen LogP contribution is -2.28. The van der Waals surface area contributed by atoms with Gasteiger partial charge in [0.25, 0.3) is 11.8 Å². The minimum absolute atomic E-state index is 0.0563. The van der Waals surface area contributed by atoms with Crippen molar-refractivity contribution in [1.82, 2.24) is 0 Å². The van der Waals surface area contributed by atoms with Crippen LogP contribution in [0.5, 0.6) is 5.75 Å². The molecule has 0 saturated carbocycles. The number of carbonyl (C=O) groups is 2. The second kappa shape index (κ2) is 10.8. The van der Waals surface area contributed by atoms with Crippen LogP contribution in [0.3, 0.4) is 0 Å². The van der Waals surface area contributed by atoms with Crippen LogP contribution >= 0.6 is 27.7 Å². The van der Waals surface area contributed by atoms with Gasteiger partial charge in [0.15, 0.2) is 11.8 Å². The predicted molar refractivity (Wildman–Crippen MR) is 142 cm³/mol. The number of halogens is 4. The van der Waals surface area contributed by atoms with Gasteiger partial charge in [-0.2, -0.15) is 13.2 Å². The van der Waals surface area contributed by atoms with Crippen LogP contribution in [0.15, 0.2) is 76.1 Å². The van der Waals surface area contributed by atoms with E-state index in [1.54, 1.807) is 30.3 Å². The Bertz CT molecular complexity index is 1410. The number of nitrogens with one attached hydrogen (secondary N) is 2. The Kier molecular flexibility index (Phi) is 7.74. The molecule has 0 aromatic heterocycles. The zero-order valence-electron chi connectivity index (χ0n) is 19.2. The first kappa shape index (κ1) is 26.5. The number of amides is 2. The number of benzene rings is 3. The molecule has 11 heteroatoms. The number of hydrogen-bond donors (Lipinski definition) is 2. The van der Waals surface area contributed by atoms with Crippen LogP contribution in [0, 0.1) is 12.3 Å².